The molecule has 0 radical (unpaired) electrons. The summed E-state index contributed by atoms with van der Waals surface area (Å²) in [6, 6.07) is 5.31. The van der Waals surface area contributed by atoms with Crippen LogP contribution in [0.4, 0.5) is 0 Å². The molecule has 2 rings (SSSR count). The Bertz CT molecular complexity index is 960. The molecule has 0 spiro atoms. The van der Waals surface area contributed by atoms with Gasteiger partial charge in [-0.05, 0) is 38.3 Å². The molecule has 0 saturated heterocycles. The maximum absolute atomic E-state index is 13.2. The van der Waals surface area contributed by atoms with E-state index in [1.54, 1.807) is 26.0 Å². The van der Waals surface area contributed by atoms with Gasteiger partial charge in [0, 0.05) is 17.5 Å². The number of ketones is 1. The topological polar surface area (TPSA) is 89.0 Å². The van der Waals surface area contributed by atoms with Gasteiger partial charge in [0.15, 0.2) is 0 Å². The Morgan fingerprint density at radius 1 is 1.08 bits per heavy atom. The summed E-state index contributed by atoms with van der Waals surface area (Å²) in [4.78, 5) is 52.7. The number of hydrogen-bond donors (Lipinski definition) is 1. The molecule has 2 aromatic rings. The van der Waals surface area contributed by atoms with E-state index < -0.39 is 22.9 Å². The fourth-order valence-corrected chi connectivity index (χ4v) is 3.12. The van der Waals surface area contributed by atoms with Crippen LogP contribution in [0.2, 0.25) is 0 Å². The first-order valence-electron chi connectivity index (χ1n) is 8.72. The molecule has 1 heterocycles. The summed E-state index contributed by atoms with van der Waals surface area (Å²) in [5.74, 6) is -1.32. The molecule has 26 heavy (non-hydrogen) atoms. The van der Waals surface area contributed by atoms with Gasteiger partial charge in [-0.25, -0.2) is 9.36 Å². The summed E-state index contributed by atoms with van der Waals surface area (Å²) in [5, 5.41) is 0. The molecule has 0 saturated carbocycles. The van der Waals surface area contributed by atoms with E-state index in [0.717, 1.165) is 15.7 Å². The predicted octanol–water partition coefficient (Wildman–Crippen LogP) is 2.95. The summed E-state index contributed by atoms with van der Waals surface area (Å²) in [6.45, 7) is 9.04. The molecule has 0 bridgehead atoms. The van der Waals surface area contributed by atoms with E-state index in [0.29, 0.717) is 12.0 Å². The van der Waals surface area contributed by atoms with Gasteiger partial charge in [-0.1, -0.05) is 38.0 Å². The van der Waals surface area contributed by atoms with Gasteiger partial charge < -0.3 is 0 Å². The lowest BCUT2D eigenvalue weighted by Crippen LogP contribution is -2.40. The van der Waals surface area contributed by atoms with Gasteiger partial charge in [-0.3, -0.25) is 19.4 Å². The first-order valence-corrected chi connectivity index (χ1v) is 8.72. The standard InChI is InChI=1S/C20H24N2O4/c1-6-7-15(23)22-17(16(11(2)3)19(25)21-20(22)26)18(24)14-9-12(4)8-13(5)10-14/h8-11H,6-7H2,1-5H3,(H,21,25,26). The highest BCUT2D eigenvalue weighted by Gasteiger charge is 2.27. The number of aromatic amines is 1. The summed E-state index contributed by atoms with van der Waals surface area (Å²) in [5.41, 5.74) is 0.655. The van der Waals surface area contributed by atoms with Gasteiger partial charge in [0.25, 0.3) is 5.56 Å². The number of H-pyrrole nitrogens is 1. The molecule has 0 aliphatic heterocycles. The van der Waals surface area contributed by atoms with Crippen molar-refractivity contribution < 1.29 is 9.59 Å². The van der Waals surface area contributed by atoms with E-state index in [9.17, 15) is 19.2 Å². The first-order chi connectivity index (χ1) is 12.2. The molecule has 6 nitrogen and oxygen atoms in total. The monoisotopic (exact) mass is 356 g/mol. The second kappa shape index (κ2) is 7.64. The SMILES string of the molecule is CCCC(=O)n1c(C(=O)c2cc(C)cc(C)c2)c(C(C)C)c(=O)[nH]c1=O. The molecular weight excluding hydrogens is 332 g/mol. The zero-order valence-corrected chi connectivity index (χ0v) is 15.8. The third-order valence-electron chi connectivity index (χ3n) is 4.14. The minimum absolute atomic E-state index is 0.108. The number of carbonyl (C=O) groups is 2. The fraction of sp³-hybridized carbons (Fsp3) is 0.400. The molecule has 0 unspecified atom stereocenters. The molecule has 1 aromatic carbocycles. The normalized spacial score (nSPS) is 11.0. The molecule has 1 aromatic heterocycles. The smallest absolute Gasteiger partial charge is 0.287 e. The molecule has 0 aliphatic carbocycles. The summed E-state index contributed by atoms with van der Waals surface area (Å²) in [6.07, 6.45) is 0.634. The second-order valence-corrected chi connectivity index (χ2v) is 6.86. The van der Waals surface area contributed by atoms with Gasteiger partial charge >= 0.3 is 5.69 Å². The highest BCUT2D eigenvalue weighted by molar-refractivity contribution is 6.10. The van der Waals surface area contributed by atoms with Crippen molar-refractivity contribution >= 4 is 11.7 Å². The molecule has 0 amide bonds. The molecule has 138 valence electrons. The van der Waals surface area contributed by atoms with Crippen LogP contribution in [0.3, 0.4) is 0 Å². The minimum Gasteiger partial charge on any atom is -0.287 e. The third-order valence-corrected chi connectivity index (χ3v) is 4.14. The number of hydrogen-bond acceptors (Lipinski definition) is 4. The van der Waals surface area contributed by atoms with E-state index in [4.69, 9.17) is 0 Å². The Labute approximate surface area is 151 Å². The Morgan fingerprint density at radius 3 is 2.15 bits per heavy atom. The molecule has 0 fully saturated rings. The van der Waals surface area contributed by atoms with Crippen molar-refractivity contribution in [1.29, 1.82) is 0 Å². The number of nitrogens with one attached hydrogen (secondary N) is 1. The highest BCUT2D eigenvalue weighted by Crippen LogP contribution is 2.20. The van der Waals surface area contributed by atoms with Gasteiger partial charge in [0.05, 0.1) is 0 Å². The molecule has 0 atom stereocenters. The van der Waals surface area contributed by atoms with E-state index in [-0.39, 0.29) is 23.6 Å². The molecule has 1 N–H and O–H groups in total. The minimum atomic E-state index is -0.870. The lowest BCUT2D eigenvalue weighted by atomic mass is 9.95. The fourth-order valence-electron chi connectivity index (χ4n) is 3.12. The van der Waals surface area contributed by atoms with Gasteiger partial charge in [-0.15, -0.1) is 0 Å². The van der Waals surface area contributed by atoms with E-state index in [1.165, 1.54) is 0 Å². The lowest BCUT2D eigenvalue weighted by molar-refractivity contribution is 0.0874. The van der Waals surface area contributed by atoms with Gasteiger partial charge in [0.2, 0.25) is 11.7 Å². The average Bonchev–Trinajstić information content (AvgIpc) is 2.52. The van der Waals surface area contributed by atoms with Crippen molar-refractivity contribution in [2.24, 2.45) is 0 Å². The zero-order valence-electron chi connectivity index (χ0n) is 15.8. The number of aryl methyl sites for hydroxylation is 2. The van der Waals surface area contributed by atoms with Gasteiger partial charge in [0.1, 0.15) is 5.69 Å². The average molecular weight is 356 g/mol. The van der Waals surface area contributed by atoms with E-state index in [2.05, 4.69) is 4.98 Å². The van der Waals surface area contributed by atoms with Crippen molar-refractivity contribution in [2.75, 3.05) is 0 Å². The number of carbonyl (C=O) groups excluding carboxylic acids is 2. The van der Waals surface area contributed by atoms with Crippen molar-refractivity contribution in [2.45, 2.75) is 53.4 Å². The predicted molar refractivity (Wildman–Crippen MR) is 100 cm³/mol. The maximum Gasteiger partial charge on any atom is 0.335 e. The van der Waals surface area contributed by atoms with Crippen LogP contribution in [0, 0.1) is 13.8 Å². The van der Waals surface area contributed by atoms with Crippen LogP contribution in [0.15, 0.2) is 27.8 Å². The molecular formula is C20H24N2O4. The van der Waals surface area contributed by atoms with Crippen LogP contribution in [0.5, 0.6) is 0 Å². The Kier molecular flexibility index (Phi) is 5.75. The Morgan fingerprint density at radius 2 is 1.65 bits per heavy atom. The number of nitrogens with zero attached hydrogens (tertiary/aromatic N) is 1. The summed E-state index contributed by atoms with van der Waals surface area (Å²) in [7, 11) is 0. The van der Waals surface area contributed by atoms with E-state index >= 15 is 0 Å². The van der Waals surface area contributed by atoms with Crippen molar-refractivity contribution in [3.05, 3.63) is 67.0 Å². The number of benzene rings is 1. The van der Waals surface area contributed by atoms with E-state index in [1.807, 2.05) is 26.8 Å². The molecule has 6 heteroatoms. The van der Waals surface area contributed by atoms with Crippen LogP contribution >= 0.6 is 0 Å². The zero-order chi connectivity index (χ0) is 19.6. The van der Waals surface area contributed by atoms with Crippen LogP contribution in [-0.4, -0.2) is 21.2 Å². The number of aromatic nitrogens is 2. The Hall–Kier alpha value is -2.76. The summed E-state index contributed by atoms with van der Waals surface area (Å²) < 4.78 is 0.834. The van der Waals surface area contributed by atoms with Crippen LogP contribution in [0.25, 0.3) is 0 Å². The van der Waals surface area contributed by atoms with Crippen LogP contribution < -0.4 is 11.2 Å². The first kappa shape index (κ1) is 19.6. The largest absolute Gasteiger partial charge is 0.335 e. The lowest BCUT2D eigenvalue weighted by Gasteiger charge is -2.16. The number of rotatable bonds is 5. The van der Waals surface area contributed by atoms with Crippen molar-refractivity contribution in [1.82, 2.24) is 9.55 Å². The third kappa shape index (κ3) is 3.74. The van der Waals surface area contributed by atoms with Gasteiger partial charge in [-0.2, -0.15) is 0 Å². The van der Waals surface area contributed by atoms with Crippen LogP contribution in [0.1, 0.15) is 77.1 Å². The van der Waals surface area contributed by atoms with Crippen LogP contribution in [-0.2, 0) is 0 Å². The quantitative estimate of drug-likeness (QED) is 0.834. The van der Waals surface area contributed by atoms with Crippen molar-refractivity contribution in [3.63, 3.8) is 0 Å². The maximum atomic E-state index is 13.2. The molecule has 0 aliphatic rings. The van der Waals surface area contributed by atoms with Crippen molar-refractivity contribution in [3.8, 4) is 0 Å². The Balaban J connectivity index is 2.87. The highest BCUT2D eigenvalue weighted by atomic mass is 16.2. The second-order valence-electron chi connectivity index (χ2n) is 6.86. The summed E-state index contributed by atoms with van der Waals surface area (Å²) >= 11 is 0.